The van der Waals surface area contributed by atoms with Crippen LogP contribution in [0.2, 0.25) is 0 Å². The Labute approximate surface area is 328 Å². The van der Waals surface area contributed by atoms with Gasteiger partial charge >= 0.3 is 19.8 Å². The largest absolute Gasteiger partial charge is 0.472 e. The number of hydrogen-bond acceptors (Lipinski definition) is 8. The molecule has 10 heteroatoms. The number of hydrogen-bond donors (Lipinski definition) is 2. The van der Waals surface area contributed by atoms with E-state index in [1.165, 1.54) is 38.5 Å². The molecule has 0 spiro atoms. The van der Waals surface area contributed by atoms with E-state index in [1.807, 2.05) is 12.2 Å². The van der Waals surface area contributed by atoms with Crippen molar-refractivity contribution in [3.63, 3.8) is 0 Å². The van der Waals surface area contributed by atoms with Crippen molar-refractivity contribution in [2.75, 3.05) is 26.4 Å². The van der Waals surface area contributed by atoms with E-state index in [-0.39, 0.29) is 32.6 Å². The van der Waals surface area contributed by atoms with Crippen LogP contribution < -0.4 is 5.73 Å². The lowest BCUT2D eigenvalue weighted by Gasteiger charge is -2.19. The lowest BCUT2D eigenvalue weighted by atomic mass is 10.1. The third kappa shape index (κ3) is 38.9. The highest BCUT2D eigenvalue weighted by Crippen LogP contribution is 2.43. The molecule has 3 N–H and O–H groups in total. The minimum Gasteiger partial charge on any atom is -0.462 e. The Hall–Kier alpha value is -2.81. The van der Waals surface area contributed by atoms with E-state index >= 15 is 0 Å². The Morgan fingerprint density at radius 1 is 0.556 bits per heavy atom. The maximum Gasteiger partial charge on any atom is 0.472 e. The highest BCUT2D eigenvalue weighted by atomic mass is 31.2. The highest BCUT2D eigenvalue weighted by Gasteiger charge is 2.25. The van der Waals surface area contributed by atoms with E-state index in [4.69, 9.17) is 24.3 Å². The lowest BCUT2D eigenvalue weighted by Crippen LogP contribution is -2.29. The fourth-order valence-electron chi connectivity index (χ4n) is 4.93. The van der Waals surface area contributed by atoms with Crippen LogP contribution >= 0.6 is 7.82 Å². The number of carbonyl (C=O) groups excluding carboxylic acids is 2. The first-order valence-corrected chi connectivity index (χ1v) is 22.1. The molecule has 0 bridgehead atoms. The molecule has 9 nitrogen and oxygen atoms in total. The van der Waals surface area contributed by atoms with Gasteiger partial charge < -0.3 is 20.1 Å². The Morgan fingerprint density at radius 2 is 1.02 bits per heavy atom. The molecule has 2 atom stereocenters. The summed E-state index contributed by atoms with van der Waals surface area (Å²) < 4.78 is 32.6. The number of rotatable bonds is 37. The third-order valence-electron chi connectivity index (χ3n) is 8.02. The average Bonchev–Trinajstić information content (AvgIpc) is 3.16. The number of esters is 2. The van der Waals surface area contributed by atoms with Gasteiger partial charge in [0.15, 0.2) is 6.10 Å². The Bertz CT molecular complexity index is 1160. The molecule has 0 amide bonds. The van der Waals surface area contributed by atoms with E-state index in [0.717, 1.165) is 70.6 Å². The van der Waals surface area contributed by atoms with Crippen molar-refractivity contribution < 1.29 is 37.6 Å². The van der Waals surface area contributed by atoms with Crippen LogP contribution in [-0.2, 0) is 32.7 Å². The first-order chi connectivity index (χ1) is 26.3. The van der Waals surface area contributed by atoms with E-state index in [2.05, 4.69) is 86.8 Å². The maximum atomic E-state index is 12.5. The van der Waals surface area contributed by atoms with Gasteiger partial charge in [-0.3, -0.25) is 18.6 Å². The molecule has 0 saturated heterocycles. The highest BCUT2D eigenvalue weighted by molar-refractivity contribution is 7.47. The van der Waals surface area contributed by atoms with Crippen LogP contribution in [0.15, 0.2) is 85.1 Å². The number of allylic oxidation sites excluding steroid dienone is 14. The summed E-state index contributed by atoms with van der Waals surface area (Å²) in [5, 5.41) is 0. The van der Waals surface area contributed by atoms with Crippen molar-refractivity contribution in [3.8, 4) is 0 Å². The number of unbranched alkanes of at least 4 members (excludes halogenated alkanes) is 10. The Morgan fingerprint density at radius 3 is 1.56 bits per heavy atom. The van der Waals surface area contributed by atoms with Gasteiger partial charge in [0.1, 0.15) is 6.61 Å². The lowest BCUT2D eigenvalue weighted by molar-refractivity contribution is -0.161. The van der Waals surface area contributed by atoms with Gasteiger partial charge in [0, 0.05) is 19.4 Å². The molecule has 0 aliphatic carbocycles. The molecule has 0 heterocycles. The zero-order chi connectivity index (χ0) is 39.6. The summed E-state index contributed by atoms with van der Waals surface area (Å²) in [4.78, 5) is 34.8. The van der Waals surface area contributed by atoms with Gasteiger partial charge in [0.2, 0.25) is 0 Å². The molecule has 1 unspecified atom stereocenters. The minimum absolute atomic E-state index is 0.0371. The summed E-state index contributed by atoms with van der Waals surface area (Å²) in [7, 11) is -4.40. The van der Waals surface area contributed by atoms with Gasteiger partial charge in [-0.2, -0.15) is 0 Å². The number of nitrogens with two attached hydrogens (primary N) is 1. The number of carbonyl (C=O) groups is 2. The van der Waals surface area contributed by atoms with E-state index in [9.17, 15) is 19.0 Å². The maximum absolute atomic E-state index is 12.5. The number of phosphoric acid groups is 1. The van der Waals surface area contributed by atoms with Gasteiger partial charge in [-0.1, -0.05) is 144 Å². The van der Waals surface area contributed by atoms with Crippen molar-refractivity contribution >= 4 is 19.8 Å². The monoisotopic (exact) mass is 776 g/mol. The van der Waals surface area contributed by atoms with Gasteiger partial charge in [0.05, 0.1) is 13.2 Å². The van der Waals surface area contributed by atoms with Gasteiger partial charge in [-0.25, -0.2) is 4.57 Å². The fourth-order valence-corrected chi connectivity index (χ4v) is 5.69. The molecule has 0 aliphatic rings. The van der Waals surface area contributed by atoms with E-state index in [1.54, 1.807) is 0 Å². The normalized spacial score (nSPS) is 14.2. The quantitative estimate of drug-likeness (QED) is 0.0274. The molecular formula is C44H74NO8P. The molecule has 54 heavy (non-hydrogen) atoms. The first-order valence-electron chi connectivity index (χ1n) is 20.6. The molecule has 0 rings (SSSR count). The zero-order valence-electron chi connectivity index (χ0n) is 33.7. The average molecular weight is 776 g/mol. The molecule has 0 aromatic rings. The zero-order valence-corrected chi connectivity index (χ0v) is 34.6. The molecule has 0 aromatic carbocycles. The summed E-state index contributed by atoms with van der Waals surface area (Å²) in [5.41, 5.74) is 5.33. The molecule has 0 aromatic heterocycles. The van der Waals surface area contributed by atoms with Crippen LogP contribution in [0.25, 0.3) is 0 Å². The summed E-state index contributed by atoms with van der Waals surface area (Å²) in [6.45, 7) is 3.53. The van der Waals surface area contributed by atoms with Crippen molar-refractivity contribution in [1.82, 2.24) is 0 Å². The second-order valence-electron chi connectivity index (χ2n) is 13.1. The van der Waals surface area contributed by atoms with Crippen molar-refractivity contribution in [3.05, 3.63) is 85.1 Å². The minimum atomic E-state index is -4.40. The molecule has 0 saturated carbocycles. The number of phosphoric ester groups is 1. The predicted molar refractivity (Wildman–Crippen MR) is 224 cm³/mol. The molecule has 0 radical (unpaired) electrons. The summed E-state index contributed by atoms with van der Waals surface area (Å²) in [6.07, 6.45) is 49.1. The second kappa shape index (κ2) is 39.9. The Kier molecular flexibility index (Phi) is 37.8. The van der Waals surface area contributed by atoms with Gasteiger partial charge in [0.25, 0.3) is 0 Å². The predicted octanol–water partition coefficient (Wildman–Crippen LogP) is 11.7. The van der Waals surface area contributed by atoms with Crippen LogP contribution in [-0.4, -0.2) is 49.3 Å². The van der Waals surface area contributed by atoms with Crippen molar-refractivity contribution in [2.24, 2.45) is 5.73 Å². The summed E-state index contributed by atoms with van der Waals surface area (Å²) >= 11 is 0. The fraction of sp³-hybridized carbons (Fsp3) is 0.636. The van der Waals surface area contributed by atoms with Gasteiger partial charge in [-0.05, 0) is 77.0 Å². The molecule has 0 aliphatic heterocycles. The van der Waals surface area contributed by atoms with E-state index < -0.39 is 32.5 Å². The number of ether oxygens (including phenoxy) is 2. The topological polar surface area (TPSA) is 134 Å². The summed E-state index contributed by atoms with van der Waals surface area (Å²) in [5.74, 6) is -0.951. The summed E-state index contributed by atoms with van der Waals surface area (Å²) in [6, 6.07) is 0. The SMILES string of the molecule is CCCC/C=C/C/C=C/CCCCCCCC(=O)O[C@@H](COC(=O)CC/C=C/C/C=C/C/C=C/C/C=C/C/C=C/CCCCC)COP(=O)(O)OCCN. The van der Waals surface area contributed by atoms with Gasteiger partial charge in [-0.15, -0.1) is 0 Å². The van der Waals surface area contributed by atoms with Crippen molar-refractivity contribution in [1.29, 1.82) is 0 Å². The van der Waals surface area contributed by atoms with E-state index in [0.29, 0.717) is 12.8 Å². The van der Waals surface area contributed by atoms with Crippen molar-refractivity contribution in [2.45, 2.75) is 155 Å². The van der Waals surface area contributed by atoms with Crippen LogP contribution in [0.4, 0.5) is 0 Å². The molecule has 0 fully saturated rings. The van der Waals surface area contributed by atoms with Crippen LogP contribution in [0.5, 0.6) is 0 Å². The van der Waals surface area contributed by atoms with Crippen LogP contribution in [0.1, 0.15) is 149 Å². The standard InChI is InChI=1S/C44H74NO8P/c1-3-5-7-9-11-13-15-17-19-20-21-22-23-25-26-28-30-32-34-36-43(46)50-40-42(41-52-54(48,49)51-39-38-45)53-44(47)37-35-33-31-29-27-24-18-16-14-12-10-8-6-4-2/h10-13,16-19,21-22,25-26,30,32,42H,3-9,14-15,20,23-24,27-29,31,33-41,45H2,1-2H3,(H,48,49)/b12-10+,13-11+,18-16+,19-17+,22-21+,26-25+,32-30+/t42-/m0/s1. The molecular weight excluding hydrogens is 701 g/mol. The van der Waals surface area contributed by atoms with Crippen LogP contribution in [0, 0.1) is 0 Å². The first kappa shape index (κ1) is 51.2. The second-order valence-corrected chi connectivity index (χ2v) is 14.6. The third-order valence-corrected chi connectivity index (χ3v) is 9.00. The smallest absolute Gasteiger partial charge is 0.462 e. The van der Waals surface area contributed by atoms with Crippen LogP contribution in [0.3, 0.4) is 0 Å². The Balaban J connectivity index is 4.35. The molecule has 308 valence electrons.